The number of nitro benzene ring substituents is 1. The first kappa shape index (κ1) is 12.2. The topological polar surface area (TPSA) is 80.2 Å². The molecule has 0 aromatic heterocycles. The highest BCUT2D eigenvalue weighted by Crippen LogP contribution is 2.20. The summed E-state index contributed by atoms with van der Waals surface area (Å²) in [5.41, 5.74) is 0.885. The first-order chi connectivity index (χ1) is 7.36. The average molecular weight is 222 g/mol. The number of nitro groups is 1. The number of rotatable bonds is 2. The molecule has 16 heavy (non-hydrogen) atoms. The normalized spacial score (nSPS) is 12.6. The Morgan fingerprint density at radius 1 is 1.25 bits per heavy atom. The van der Waals surface area contributed by atoms with E-state index in [1.807, 2.05) is 25.9 Å². The Morgan fingerprint density at radius 2 is 1.75 bits per heavy atom. The molecule has 0 aliphatic heterocycles. The Morgan fingerprint density at radius 3 is 2.06 bits per heavy atom. The zero-order chi connectivity index (χ0) is 12.3. The maximum absolute atomic E-state index is 10.9. The van der Waals surface area contributed by atoms with Gasteiger partial charge in [-0.1, -0.05) is 20.8 Å². The average Bonchev–Trinajstić information content (AvgIpc) is 2.17. The smallest absolute Gasteiger partial charge is 0.269 e. The highest BCUT2D eigenvalue weighted by atomic mass is 16.6. The van der Waals surface area contributed by atoms with Crippen LogP contribution in [-0.4, -0.2) is 10.6 Å². The van der Waals surface area contributed by atoms with Gasteiger partial charge in [-0.2, -0.15) is 0 Å². The molecule has 0 saturated carbocycles. The molecule has 0 aliphatic carbocycles. The van der Waals surface area contributed by atoms with Crippen molar-refractivity contribution in [2.45, 2.75) is 20.8 Å². The van der Waals surface area contributed by atoms with Crippen LogP contribution < -0.4 is 5.16 Å². The van der Waals surface area contributed by atoms with Gasteiger partial charge in [0.15, 0.2) is 5.71 Å². The van der Waals surface area contributed by atoms with Crippen molar-refractivity contribution in [3.05, 3.63) is 45.2 Å². The summed E-state index contributed by atoms with van der Waals surface area (Å²) >= 11 is 0. The van der Waals surface area contributed by atoms with Gasteiger partial charge in [0.05, 0.1) is 4.92 Å². The van der Waals surface area contributed by atoms with Gasteiger partial charge in [0, 0.05) is 23.1 Å². The molecular formula is C11H14N2O3. The molecule has 86 valence electrons. The van der Waals surface area contributed by atoms with Crippen LogP contribution in [0.15, 0.2) is 24.3 Å². The van der Waals surface area contributed by atoms with Crippen LogP contribution >= 0.6 is 0 Å². The maximum atomic E-state index is 10.9. The van der Waals surface area contributed by atoms with Crippen molar-refractivity contribution in [1.82, 2.24) is 0 Å². The van der Waals surface area contributed by atoms with Crippen molar-refractivity contribution in [2.75, 3.05) is 0 Å². The predicted octanol–water partition coefficient (Wildman–Crippen LogP) is 1.01. The molecule has 0 aliphatic rings. The van der Waals surface area contributed by atoms with Gasteiger partial charge in [-0.3, -0.25) is 10.1 Å². The molecule has 0 spiro atoms. The fourth-order valence-electron chi connectivity index (χ4n) is 1.39. The van der Waals surface area contributed by atoms with E-state index >= 15 is 0 Å². The van der Waals surface area contributed by atoms with E-state index in [1.54, 1.807) is 12.1 Å². The number of nitrogens with zero attached hydrogens (tertiary/aromatic N) is 1. The molecule has 0 radical (unpaired) electrons. The second kappa shape index (κ2) is 4.30. The van der Waals surface area contributed by atoms with Crippen molar-refractivity contribution >= 4 is 11.4 Å². The predicted molar refractivity (Wildman–Crippen MR) is 61.0 cm³/mol. The summed E-state index contributed by atoms with van der Waals surface area (Å²) in [6.45, 7) is 5.69. The van der Waals surface area contributed by atoms with Gasteiger partial charge in [-0.05, 0) is 12.1 Å². The van der Waals surface area contributed by atoms with E-state index in [-0.39, 0.29) is 11.1 Å². The molecule has 0 heterocycles. The standard InChI is InChI=1S/C11H14N2O3/c1-11(2,3)10(12-14)8-4-6-9(7-5-8)13(15)16/h4-7,12H,1-3H3. The zero-order valence-electron chi connectivity index (χ0n) is 9.48. The first-order valence-corrected chi connectivity index (χ1v) is 4.86. The van der Waals surface area contributed by atoms with E-state index in [1.165, 1.54) is 12.1 Å². The second-order valence-electron chi connectivity index (χ2n) is 4.53. The minimum Gasteiger partial charge on any atom is -0.625 e. The van der Waals surface area contributed by atoms with Crippen molar-refractivity contribution < 1.29 is 10.1 Å². The highest BCUT2D eigenvalue weighted by molar-refractivity contribution is 6.00. The van der Waals surface area contributed by atoms with E-state index in [4.69, 9.17) is 0 Å². The minimum atomic E-state index is -0.467. The van der Waals surface area contributed by atoms with Gasteiger partial charge in [0.1, 0.15) is 0 Å². The van der Waals surface area contributed by atoms with Crippen molar-refractivity contribution in [2.24, 2.45) is 5.41 Å². The molecule has 0 unspecified atom stereocenters. The Hall–Kier alpha value is -1.91. The molecule has 0 saturated heterocycles. The number of nitrogens with one attached hydrogen (secondary N) is 1. The molecular weight excluding hydrogens is 208 g/mol. The summed E-state index contributed by atoms with van der Waals surface area (Å²) in [5.74, 6) is 0. The van der Waals surface area contributed by atoms with Crippen LogP contribution in [0.4, 0.5) is 5.69 Å². The molecule has 5 heteroatoms. The monoisotopic (exact) mass is 222 g/mol. The lowest BCUT2D eigenvalue weighted by atomic mass is 9.86. The lowest BCUT2D eigenvalue weighted by Crippen LogP contribution is -2.69. The quantitative estimate of drug-likeness (QED) is 0.351. The van der Waals surface area contributed by atoms with Crippen molar-refractivity contribution in [3.63, 3.8) is 0 Å². The van der Waals surface area contributed by atoms with Crippen LogP contribution in [0, 0.1) is 20.7 Å². The van der Waals surface area contributed by atoms with Gasteiger partial charge in [-0.25, -0.2) is 5.16 Å². The SMILES string of the molecule is CC(C)(C)C(=[NH+][O-])c1ccc([N+](=O)[O-])cc1. The van der Waals surface area contributed by atoms with Crippen molar-refractivity contribution in [3.8, 4) is 0 Å². The molecule has 1 aromatic rings. The van der Waals surface area contributed by atoms with Crippen LogP contribution in [0.1, 0.15) is 26.3 Å². The third-order valence-corrected chi connectivity index (χ3v) is 2.22. The third kappa shape index (κ3) is 2.56. The molecule has 1 aromatic carbocycles. The van der Waals surface area contributed by atoms with Crippen LogP contribution in [0.5, 0.6) is 0 Å². The second-order valence-corrected chi connectivity index (χ2v) is 4.53. The summed E-state index contributed by atoms with van der Waals surface area (Å²) in [4.78, 5) is 10.0. The summed E-state index contributed by atoms with van der Waals surface area (Å²) < 4.78 is 0. The minimum absolute atomic E-state index is 0.0166. The molecule has 0 amide bonds. The number of non-ortho nitro benzene ring substituents is 1. The number of benzene rings is 1. The Balaban J connectivity index is 3.11. The van der Waals surface area contributed by atoms with Gasteiger partial charge < -0.3 is 5.21 Å². The Kier molecular flexibility index (Phi) is 3.27. The summed E-state index contributed by atoms with van der Waals surface area (Å²) in [5, 5.41) is 23.2. The van der Waals surface area contributed by atoms with Crippen LogP contribution in [0.2, 0.25) is 0 Å². The Bertz CT molecular complexity index is 416. The van der Waals surface area contributed by atoms with Crippen LogP contribution in [0.25, 0.3) is 0 Å². The molecule has 1 N–H and O–H groups in total. The molecule has 5 nitrogen and oxygen atoms in total. The summed E-state index contributed by atoms with van der Waals surface area (Å²) in [6, 6.07) is 5.92. The van der Waals surface area contributed by atoms with Crippen LogP contribution in [0.3, 0.4) is 0 Å². The molecule has 0 atom stereocenters. The highest BCUT2D eigenvalue weighted by Gasteiger charge is 2.25. The summed E-state index contributed by atoms with van der Waals surface area (Å²) in [6.07, 6.45) is 0. The fourth-order valence-corrected chi connectivity index (χ4v) is 1.39. The van der Waals surface area contributed by atoms with E-state index in [0.29, 0.717) is 11.3 Å². The molecule has 0 fully saturated rings. The molecule has 0 bridgehead atoms. The number of hydrogen-bond donors (Lipinski definition) is 1. The van der Waals surface area contributed by atoms with Crippen molar-refractivity contribution in [1.29, 1.82) is 0 Å². The van der Waals surface area contributed by atoms with E-state index < -0.39 is 4.92 Å². The van der Waals surface area contributed by atoms with Gasteiger partial charge >= 0.3 is 0 Å². The maximum Gasteiger partial charge on any atom is 0.269 e. The fraction of sp³-hybridized carbons (Fsp3) is 0.364. The van der Waals surface area contributed by atoms with Gasteiger partial charge in [-0.15, -0.1) is 0 Å². The zero-order valence-corrected chi connectivity index (χ0v) is 9.48. The third-order valence-electron chi connectivity index (χ3n) is 2.22. The summed E-state index contributed by atoms with van der Waals surface area (Å²) in [7, 11) is 0. The van der Waals surface area contributed by atoms with E-state index in [9.17, 15) is 15.3 Å². The first-order valence-electron chi connectivity index (χ1n) is 4.86. The van der Waals surface area contributed by atoms with E-state index in [2.05, 4.69) is 0 Å². The van der Waals surface area contributed by atoms with E-state index in [0.717, 1.165) is 0 Å². The Labute approximate surface area is 93.6 Å². The molecule has 1 rings (SSSR count). The largest absolute Gasteiger partial charge is 0.625 e. The van der Waals surface area contributed by atoms with Gasteiger partial charge in [0.25, 0.3) is 5.69 Å². The lowest BCUT2D eigenvalue weighted by molar-refractivity contribution is -0.384. The van der Waals surface area contributed by atoms with Gasteiger partial charge in [0.2, 0.25) is 0 Å². The number of hydrogen-bond acceptors (Lipinski definition) is 3. The lowest BCUT2D eigenvalue weighted by Gasteiger charge is -2.16. The van der Waals surface area contributed by atoms with Crippen LogP contribution in [-0.2, 0) is 0 Å².